The monoisotopic (exact) mass is 822 g/mol. The van der Waals surface area contributed by atoms with Crippen molar-refractivity contribution < 1.29 is 41.4 Å². The highest BCUT2D eigenvalue weighted by Gasteiger charge is 2.18. The third-order valence-corrected chi connectivity index (χ3v) is 7.83. The number of Topliss-reactive ketones (excluding diaryl/α,β-unsaturated/α-hetero) is 1. The molecule has 4 heterocycles. The molecule has 0 fully saturated rings. The number of ketones is 1. The maximum Gasteiger partial charge on any atom is 0.427 e. The van der Waals surface area contributed by atoms with Crippen molar-refractivity contribution in [3.05, 3.63) is 118 Å². The quantitative estimate of drug-likeness (QED) is 0.0354. The van der Waals surface area contributed by atoms with Crippen LogP contribution in [0.1, 0.15) is 92.3 Å². The van der Waals surface area contributed by atoms with Gasteiger partial charge in [-0.25, -0.2) is 38.4 Å². The Morgan fingerprint density at radius 2 is 1.15 bits per heavy atom. The average molecular weight is 823 g/mol. The van der Waals surface area contributed by atoms with Gasteiger partial charge in [0.1, 0.15) is 23.3 Å². The lowest BCUT2D eigenvalue weighted by atomic mass is 10.0. The minimum absolute atomic E-state index is 0.0398. The van der Waals surface area contributed by atoms with Gasteiger partial charge in [0.2, 0.25) is 0 Å². The van der Waals surface area contributed by atoms with Crippen LogP contribution in [-0.2, 0) is 22.3 Å². The molecule has 4 N–H and O–H groups in total. The molecule has 21 heteroatoms. The summed E-state index contributed by atoms with van der Waals surface area (Å²) in [7, 11) is 0. The van der Waals surface area contributed by atoms with E-state index in [1.807, 2.05) is 27.7 Å². The maximum atomic E-state index is 14.3. The fourth-order valence-electron chi connectivity index (χ4n) is 5.11. The molecule has 0 aliphatic heterocycles. The summed E-state index contributed by atoms with van der Waals surface area (Å²) >= 11 is 0. The van der Waals surface area contributed by atoms with Gasteiger partial charge in [0.25, 0.3) is 0 Å². The number of fused-ring (bicyclic) bond motifs is 2. The Morgan fingerprint density at radius 3 is 1.59 bits per heavy atom. The van der Waals surface area contributed by atoms with Crippen molar-refractivity contribution in [2.24, 2.45) is 10.9 Å². The predicted octanol–water partition coefficient (Wildman–Crippen LogP) is 5.78. The molecule has 17 nitrogen and oxygen atoms in total. The third-order valence-electron chi connectivity index (χ3n) is 7.83. The second-order valence-corrected chi connectivity index (χ2v) is 12.9. The van der Waals surface area contributed by atoms with Gasteiger partial charge in [-0.15, -0.1) is 20.4 Å². The van der Waals surface area contributed by atoms with Gasteiger partial charge in [0.05, 0.1) is 42.3 Å². The summed E-state index contributed by atoms with van der Waals surface area (Å²) in [6, 6.07) is 12.8. The van der Waals surface area contributed by atoms with Crippen LogP contribution < -0.4 is 16.7 Å². The van der Waals surface area contributed by atoms with E-state index in [0.29, 0.717) is 47.0 Å². The first-order valence-electron chi connectivity index (χ1n) is 18.1. The van der Waals surface area contributed by atoms with Crippen molar-refractivity contribution in [3.63, 3.8) is 0 Å². The van der Waals surface area contributed by atoms with Gasteiger partial charge in [-0.3, -0.25) is 10.2 Å². The van der Waals surface area contributed by atoms with E-state index >= 15 is 0 Å². The van der Waals surface area contributed by atoms with Crippen LogP contribution >= 0.6 is 0 Å². The first kappa shape index (κ1) is 44.8. The molecule has 2 amide bonds. The largest absolute Gasteiger partial charge is 0.449 e. The topological polar surface area (TPSA) is 218 Å². The molecule has 0 bridgehead atoms. The SMILES string of the molecule is CC(C)c1nnc2ccc(CC(=O)c3ccc(F)cc3F)nn12.CCOC(=O)NN.CCOC(=O)NN=C(Cc1ccc2nnc(C(C)C)n2n1)c1ccc(F)cc1F. The molecule has 0 unspecified atom stereocenters. The van der Waals surface area contributed by atoms with Crippen LogP contribution in [0.15, 0.2) is 65.8 Å². The fraction of sp³-hybridized carbons (Fsp3) is 0.316. The Labute approximate surface area is 335 Å². The molecule has 6 aromatic rings. The number of aromatic nitrogens is 8. The lowest BCUT2D eigenvalue weighted by molar-refractivity contribution is 0.0987. The van der Waals surface area contributed by atoms with E-state index < -0.39 is 41.2 Å². The molecule has 0 saturated carbocycles. The first-order chi connectivity index (χ1) is 28.1. The van der Waals surface area contributed by atoms with Crippen molar-refractivity contribution in [1.82, 2.24) is 50.5 Å². The molecule has 0 saturated heterocycles. The molecular weight excluding hydrogens is 780 g/mol. The molecule has 2 aromatic carbocycles. The average Bonchev–Trinajstić information content (AvgIpc) is 3.82. The van der Waals surface area contributed by atoms with Crippen LogP contribution in [0.5, 0.6) is 0 Å². The number of rotatable bonds is 11. The number of ether oxygens (including phenoxy) is 2. The number of amides is 2. The number of nitrogens with one attached hydrogen (secondary N) is 2. The molecule has 59 heavy (non-hydrogen) atoms. The van der Waals surface area contributed by atoms with Crippen LogP contribution in [0.25, 0.3) is 11.3 Å². The lowest BCUT2D eigenvalue weighted by Crippen LogP contribution is -2.30. The van der Waals surface area contributed by atoms with E-state index in [2.05, 4.69) is 51.7 Å². The summed E-state index contributed by atoms with van der Waals surface area (Å²) < 4.78 is 66.5. The summed E-state index contributed by atoms with van der Waals surface area (Å²) in [5.74, 6) is 2.65. The molecule has 312 valence electrons. The highest BCUT2D eigenvalue weighted by atomic mass is 19.1. The number of nitrogens with zero attached hydrogens (tertiary/aromatic N) is 9. The molecule has 0 aliphatic rings. The van der Waals surface area contributed by atoms with E-state index in [-0.39, 0.29) is 48.1 Å². The Morgan fingerprint density at radius 1 is 0.678 bits per heavy atom. The van der Waals surface area contributed by atoms with Crippen LogP contribution in [0, 0.1) is 23.3 Å². The molecule has 0 atom stereocenters. The summed E-state index contributed by atoms with van der Waals surface area (Å²) in [5.41, 5.74) is 6.22. The number of halogens is 4. The zero-order chi connectivity index (χ0) is 43.2. The lowest BCUT2D eigenvalue weighted by Gasteiger charge is -2.10. The van der Waals surface area contributed by atoms with E-state index in [4.69, 9.17) is 4.74 Å². The van der Waals surface area contributed by atoms with Gasteiger partial charge in [0, 0.05) is 36.0 Å². The van der Waals surface area contributed by atoms with E-state index in [0.717, 1.165) is 24.3 Å². The number of carbonyl (C=O) groups is 3. The van der Waals surface area contributed by atoms with Crippen LogP contribution in [0.4, 0.5) is 27.2 Å². The number of hydrogen-bond donors (Lipinski definition) is 3. The van der Waals surface area contributed by atoms with E-state index in [9.17, 15) is 31.9 Å². The molecule has 0 aliphatic carbocycles. The second-order valence-electron chi connectivity index (χ2n) is 12.9. The van der Waals surface area contributed by atoms with E-state index in [1.165, 1.54) is 6.07 Å². The highest BCUT2D eigenvalue weighted by molar-refractivity contribution is 6.02. The predicted molar refractivity (Wildman–Crippen MR) is 205 cm³/mol. The van der Waals surface area contributed by atoms with Gasteiger partial charge in [-0.1, -0.05) is 27.7 Å². The number of hydrazine groups is 1. The fourth-order valence-corrected chi connectivity index (χ4v) is 5.11. The van der Waals surface area contributed by atoms with Crippen molar-refractivity contribution >= 4 is 35.0 Å². The summed E-state index contributed by atoms with van der Waals surface area (Å²) in [6.07, 6.45) is -1.39. The van der Waals surface area contributed by atoms with Crippen molar-refractivity contribution in [1.29, 1.82) is 0 Å². The standard InChI is InChI=1S/C19H20F2N6O2.C16H14F2N4O.C3H8N2O2/c1-4-29-19(28)25-22-16(14-7-5-12(20)9-15(14)21)10-13-6-8-17-23-24-18(11(2)3)27(17)26-13;1-9(2)16-20-19-15-6-4-11(21-22(15)16)8-14(23)12-5-3-10(17)7-13(12)18;1-2-7-3(6)5-4/h5-9,11H,4,10H2,1-3H3,(H,25,28);3-7,9H,8H2,1-2H3;2,4H2,1H3,(H,5,6). The minimum Gasteiger partial charge on any atom is -0.449 e. The van der Waals surface area contributed by atoms with Gasteiger partial charge in [0.15, 0.2) is 28.7 Å². The van der Waals surface area contributed by atoms with Crippen LogP contribution in [0.2, 0.25) is 0 Å². The minimum atomic E-state index is -0.872. The maximum absolute atomic E-state index is 14.3. The third kappa shape index (κ3) is 12.3. The smallest absolute Gasteiger partial charge is 0.427 e. The van der Waals surface area contributed by atoms with E-state index in [1.54, 1.807) is 52.6 Å². The molecule has 4 aromatic heterocycles. The Bertz CT molecular complexity index is 2440. The number of hydrazone groups is 1. The van der Waals surface area contributed by atoms with Crippen molar-refractivity contribution in [2.75, 3.05) is 13.2 Å². The first-order valence-corrected chi connectivity index (χ1v) is 18.1. The van der Waals surface area contributed by atoms with Gasteiger partial charge in [-0.05, 0) is 62.4 Å². The van der Waals surface area contributed by atoms with Crippen molar-refractivity contribution in [2.45, 2.75) is 66.2 Å². The highest BCUT2D eigenvalue weighted by Crippen LogP contribution is 2.18. The number of benzene rings is 2. The van der Waals surface area contributed by atoms with Gasteiger partial charge >= 0.3 is 12.2 Å². The van der Waals surface area contributed by atoms with Gasteiger partial charge < -0.3 is 9.47 Å². The van der Waals surface area contributed by atoms with Crippen LogP contribution in [-0.4, -0.2) is 76.5 Å². The second kappa shape index (κ2) is 21.0. The molecule has 0 radical (unpaired) electrons. The molecule has 6 rings (SSSR count). The Kier molecular flexibility index (Phi) is 16.0. The number of hydrogen-bond acceptors (Lipinski definition) is 13. The Hall–Kier alpha value is -6.90. The summed E-state index contributed by atoms with van der Waals surface area (Å²) in [4.78, 5) is 33.7. The number of carbonyl (C=O) groups excluding carboxylic acids is 3. The summed E-state index contributed by atoms with van der Waals surface area (Å²) in [6.45, 7) is 11.7. The molecule has 0 spiro atoms. The van der Waals surface area contributed by atoms with Crippen molar-refractivity contribution in [3.8, 4) is 0 Å². The van der Waals surface area contributed by atoms with Gasteiger partial charge in [-0.2, -0.15) is 24.3 Å². The van der Waals surface area contributed by atoms with Crippen LogP contribution in [0.3, 0.4) is 0 Å². The molecular formula is C38H42F4N12O5. The zero-order valence-corrected chi connectivity index (χ0v) is 32.9. The summed E-state index contributed by atoms with van der Waals surface area (Å²) in [5, 5.41) is 29.1. The Balaban J connectivity index is 0.000000229. The number of nitrogens with two attached hydrogens (primary N) is 1. The zero-order valence-electron chi connectivity index (χ0n) is 32.9. The normalized spacial score (nSPS) is 11.2.